The fraction of sp³-hybridized carbons (Fsp3) is 0.278. The number of nitrogens with zero attached hydrogens (tertiary/aromatic N) is 1. The number of benzene rings is 2. The number of carbonyl (C=O) groups excluding carboxylic acids is 1. The fourth-order valence-corrected chi connectivity index (χ4v) is 3.43. The van der Waals surface area contributed by atoms with Crippen LogP contribution in [0.25, 0.3) is 0 Å². The lowest BCUT2D eigenvalue weighted by atomic mass is 10.2. The molecule has 0 radical (unpaired) electrons. The Balaban J connectivity index is 2.10. The predicted octanol–water partition coefficient (Wildman–Crippen LogP) is 2.74. The van der Waals surface area contributed by atoms with Gasteiger partial charge in [0.25, 0.3) is 0 Å². The smallest absolute Gasteiger partial charge is 0.243 e. The van der Waals surface area contributed by atoms with E-state index in [-0.39, 0.29) is 17.3 Å². The molecule has 0 aromatic heterocycles. The summed E-state index contributed by atoms with van der Waals surface area (Å²) in [6.07, 6.45) is 0. The van der Waals surface area contributed by atoms with E-state index in [1.165, 1.54) is 32.3 Å². The van der Waals surface area contributed by atoms with E-state index < -0.39 is 15.8 Å². The number of nitrogens with one attached hydrogen (secondary N) is 2. The van der Waals surface area contributed by atoms with Crippen molar-refractivity contribution in [2.24, 2.45) is 0 Å². The zero-order valence-electron chi connectivity index (χ0n) is 15.1. The third-order valence-corrected chi connectivity index (χ3v) is 5.83. The van der Waals surface area contributed by atoms with E-state index in [2.05, 4.69) is 10.6 Å². The summed E-state index contributed by atoms with van der Waals surface area (Å²) in [5.74, 6) is -0.799. The molecule has 0 aliphatic rings. The molecule has 26 heavy (non-hydrogen) atoms. The third kappa shape index (κ3) is 4.59. The van der Waals surface area contributed by atoms with Gasteiger partial charge >= 0.3 is 0 Å². The lowest BCUT2D eigenvalue weighted by Crippen LogP contribution is -2.24. The van der Waals surface area contributed by atoms with Crippen molar-refractivity contribution in [2.45, 2.75) is 18.7 Å². The zero-order chi connectivity index (χ0) is 19.5. The molecule has 2 aromatic carbocycles. The van der Waals surface area contributed by atoms with Crippen molar-refractivity contribution in [2.75, 3.05) is 31.3 Å². The molecular formula is C18H22FN3O3S. The van der Waals surface area contributed by atoms with Crippen molar-refractivity contribution in [3.05, 3.63) is 53.3 Å². The molecule has 0 heterocycles. The summed E-state index contributed by atoms with van der Waals surface area (Å²) in [6, 6.07) is 9.02. The van der Waals surface area contributed by atoms with E-state index in [0.717, 1.165) is 9.87 Å². The number of rotatable bonds is 6. The molecule has 0 aliphatic carbocycles. The second-order valence-corrected chi connectivity index (χ2v) is 8.25. The SMILES string of the molecule is Cc1ccc(F)cc1NC(=O)CNc1ccc(C)c(S(=O)(=O)N(C)C)c1. The number of hydrogen-bond acceptors (Lipinski definition) is 4. The average Bonchev–Trinajstić information content (AvgIpc) is 2.57. The summed E-state index contributed by atoms with van der Waals surface area (Å²) in [4.78, 5) is 12.3. The second kappa shape index (κ2) is 7.84. The molecule has 0 saturated heterocycles. The molecule has 0 saturated carbocycles. The van der Waals surface area contributed by atoms with Gasteiger partial charge in [-0.1, -0.05) is 12.1 Å². The molecule has 2 rings (SSSR count). The number of halogens is 1. The molecule has 0 atom stereocenters. The zero-order valence-corrected chi connectivity index (χ0v) is 15.9. The summed E-state index contributed by atoms with van der Waals surface area (Å²) in [5, 5.41) is 5.52. The minimum Gasteiger partial charge on any atom is -0.376 e. The van der Waals surface area contributed by atoms with E-state index in [4.69, 9.17) is 0 Å². The van der Waals surface area contributed by atoms with Crippen LogP contribution in [-0.2, 0) is 14.8 Å². The summed E-state index contributed by atoms with van der Waals surface area (Å²) in [5.41, 5.74) is 2.26. The molecule has 0 bridgehead atoms. The molecule has 0 aliphatic heterocycles. The number of hydrogen-bond donors (Lipinski definition) is 2. The van der Waals surface area contributed by atoms with Crippen LogP contribution in [0, 0.1) is 19.7 Å². The Labute approximate surface area is 153 Å². The normalized spacial score (nSPS) is 11.5. The highest BCUT2D eigenvalue weighted by Gasteiger charge is 2.20. The Kier molecular flexibility index (Phi) is 5.99. The number of carbonyl (C=O) groups is 1. The first-order valence-corrected chi connectivity index (χ1v) is 9.38. The van der Waals surface area contributed by atoms with Gasteiger partial charge in [-0.3, -0.25) is 4.79 Å². The Morgan fingerprint density at radius 1 is 1.08 bits per heavy atom. The molecule has 0 spiro atoms. The maximum Gasteiger partial charge on any atom is 0.243 e. The summed E-state index contributed by atoms with van der Waals surface area (Å²) < 4.78 is 39.1. The van der Waals surface area contributed by atoms with Gasteiger partial charge in [0, 0.05) is 25.5 Å². The standard InChI is InChI=1S/C18H22FN3O3S/c1-12-5-7-14(19)9-16(12)21-18(23)11-20-15-8-6-13(2)17(10-15)26(24,25)22(3)4/h5-10,20H,11H2,1-4H3,(H,21,23). The van der Waals surface area contributed by atoms with Gasteiger partial charge in [0.15, 0.2) is 0 Å². The topological polar surface area (TPSA) is 78.5 Å². The van der Waals surface area contributed by atoms with E-state index in [9.17, 15) is 17.6 Å². The molecule has 2 N–H and O–H groups in total. The molecule has 0 unspecified atom stereocenters. The lowest BCUT2D eigenvalue weighted by molar-refractivity contribution is -0.114. The maximum atomic E-state index is 13.3. The van der Waals surface area contributed by atoms with Crippen LogP contribution in [0.2, 0.25) is 0 Å². The van der Waals surface area contributed by atoms with Crippen LogP contribution in [0.5, 0.6) is 0 Å². The Bertz CT molecular complexity index is 927. The van der Waals surface area contributed by atoms with E-state index >= 15 is 0 Å². The van der Waals surface area contributed by atoms with Crippen molar-refractivity contribution < 1.29 is 17.6 Å². The van der Waals surface area contributed by atoms with Crippen molar-refractivity contribution in [1.82, 2.24) is 4.31 Å². The summed E-state index contributed by atoms with van der Waals surface area (Å²) in [7, 11) is -0.653. The number of sulfonamides is 1. The second-order valence-electron chi connectivity index (χ2n) is 6.13. The minimum absolute atomic E-state index is 0.0829. The number of amides is 1. The van der Waals surface area contributed by atoms with E-state index in [1.54, 1.807) is 32.0 Å². The van der Waals surface area contributed by atoms with Gasteiger partial charge in [-0.25, -0.2) is 17.1 Å². The van der Waals surface area contributed by atoms with E-state index in [1.807, 2.05) is 0 Å². The monoisotopic (exact) mass is 379 g/mol. The Morgan fingerprint density at radius 2 is 1.73 bits per heavy atom. The Hall–Kier alpha value is -2.45. The van der Waals surface area contributed by atoms with Crippen LogP contribution in [0.1, 0.15) is 11.1 Å². The van der Waals surface area contributed by atoms with Crippen LogP contribution in [0.3, 0.4) is 0 Å². The first kappa shape index (κ1) is 19.9. The van der Waals surface area contributed by atoms with Gasteiger partial charge in [0.2, 0.25) is 15.9 Å². The molecule has 1 amide bonds. The molecule has 140 valence electrons. The molecule has 8 heteroatoms. The summed E-state index contributed by atoms with van der Waals surface area (Å²) in [6.45, 7) is 3.39. The maximum absolute atomic E-state index is 13.3. The minimum atomic E-state index is -3.58. The van der Waals surface area contributed by atoms with Crippen molar-refractivity contribution in [3.63, 3.8) is 0 Å². The fourth-order valence-electron chi connectivity index (χ4n) is 2.29. The number of aryl methyl sites for hydroxylation is 2. The first-order valence-electron chi connectivity index (χ1n) is 7.94. The highest BCUT2D eigenvalue weighted by atomic mass is 32.2. The van der Waals surface area contributed by atoms with E-state index in [0.29, 0.717) is 16.9 Å². The first-order chi connectivity index (χ1) is 12.1. The summed E-state index contributed by atoms with van der Waals surface area (Å²) >= 11 is 0. The molecule has 6 nitrogen and oxygen atoms in total. The van der Waals surface area contributed by atoms with Crippen molar-refractivity contribution >= 4 is 27.3 Å². The Morgan fingerprint density at radius 3 is 2.38 bits per heavy atom. The van der Waals surface area contributed by atoms with Crippen LogP contribution in [0.15, 0.2) is 41.3 Å². The van der Waals surface area contributed by atoms with Crippen LogP contribution < -0.4 is 10.6 Å². The number of anilines is 2. The third-order valence-electron chi connectivity index (χ3n) is 3.87. The van der Waals surface area contributed by atoms with Gasteiger partial charge in [-0.15, -0.1) is 0 Å². The van der Waals surface area contributed by atoms with Crippen molar-refractivity contribution in [3.8, 4) is 0 Å². The van der Waals surface area contributed by atoms with Crippen LogP contribution >= 0.6 is 0 Å². The predicted molar refractivity (Wildman–Crippen MR) is 100 cm³/mol. The van der Waals surface area contributed by atoms with Crippen LogP contribution in [-0.4, -0.2) is 39.3 Å². The average molecular weight is 379 g/mol. The molecule has 2 aromatic rings. The van der Waals surface area contributed by atoms with Gasteiger partial charge in [-0.05, 0) is 49.2 Å². The van der Waals surface area contributed by atoms with Gasteiger partial charge in [0.05, 0.1) is 11.4 Å². The van der Waals surface area contributed by atoms with Gasteiger partial charge < -0.3 is 10.6 Å². The van der Waals surface area contributed by atoms with Gasteiger partial charge in [0.1, 0.15) is 5.82 Å². The highest BCUT2D eigenvalue weighted by Crippen LogP contribution is 2.22. The quantitative estimate of drug-likeness (QED) is 0.809. The molecule has 0 fully saturated rings. The molecular weight excluding hydrogens is 357 g/mol. The lowest BCUT2D eigenvalue weighted by Gasteiger charge is -2.15. The van der Waals surface area contributed by atoms with Crippen molar-refractivity contribution in [1.29, 1.82) is 0 Å². The van der Waals surface area contributed by atoms with Crippen LogP contribution in [0.4, 0.5) is 15.8 Å². The highest BCUT2D eigenvalue weighted by molar-refractivity contribution is 7.89. The largest absolute Gasteiger partial charge is 0.376 e. The van der Waals surface area contributed by atoms with Gasteiger partial charge in [-0.2, -0.15) is 0 Å².